The van der Waals surface area contributed by atoms with Crippen LogP contribution in [0, 0.1) is 5.82 Å². The Morgan fingerprint density at radius 2 is 1.95 bits per heavy atom. The summed E-state index contributed by atoms with van der Waals surface area (Å²) < 4.78 is 13.7. The number of nitrogens with two attached hydrogens (primary N) is 1. The quantitative estimate of drug-likeness (QED) is 0.890. The van der Waals surface area contributed by atoms with Gasteiger partial charge in [0.25, 0.3) is 0 Å². The molecule has 0 atom stereocenters. The molecule has 0 aliphatic heterocycles. The molecule has 1 amide bonds. The van der Waals surface area contributed by atoms with E-state index in [2.05, 4.69) is 5.32 Å². The van der Waals surface area contributed by atoms with Gasteiger partial charge in [-0.25, -0.2) is 4.39 Å². The van der Waals surface area contributed by atoms with Crippen LogP contribution in [0.5, 0.6) is 0 Å². The molecule has 5 heteroatoms. The van der Waals surface area contributed by atoms with Crippen LogP contribution in [0.2, 0.25) is 5.02 Å². The molecule has 104 valence electrons. The Hall–Kier alpha value is -1.91. The maximum atomic E-state index is 13.7. The van der Waals surface area contributed by atoms with Crippen molar-refractivity contribution < 1.29 is 9.18 Å². The van der Waals surface area contributed by atoms with Crippen LogP contribution in [-0.2, 0) is 13.1 Å². The number of benzene rings is 2. The molecule has 0 saturated carbocycles. The summed E-state index contributed by atoms with van der Waals surface area (Å²) in [6.45, 7) is 0.861. The van der Waals surface area contributed by atoms with Crippen molar-refractivity contribution in [2.24, 2.45) is 5.73 Å². The lowest BCUT2D eigenvalue weighted by atomic mass is 10.1. The Bertz CT molecular complexity index is 631. The van der Waals surface area contributed by atoms with Gasteiger partial charge >= 0.3 is 0 Å². The van der Waals surface area contributed by atoms with Gasteiger partial charge in [-0.3, -0.25) is 4.79 Å². The summed E-state index contributed by atoms with van der Waals surface area (Å²) in [5.74, 6) is -0.875. The number of carbonyl (C=O) groups excluding carboxylic acids is 1. The molecule has 2 aromatic rings. The summed E-state index contributed by atoms with van der Waals surface area (Å²) in [7, 11) is 0. The molecule has 0 unspecified atom stereocenters. The molecule has 0 aliphatic rings. The Labute approximate surface area is 121 Å². The van der Waals surface area contributed by atoms with Gasteiger partial charge in [-0.15, -0.1) is 0 Å². The molecule has 0 spiro atoms. The zero-order valence-corrected chi connectivity index (χ0v) is 11.5. The van der Waals surface area contributed by atoms with E-state index in [1.807, 2.05) is 6.07 Å². The van der Waals surface area contributed by atoms with Gasteiger partial charge in [-0.2, -0.15) is 0 Å². The molecule has 0 fully saturated rings. The highest BCUT2D eigenvalue weighted by Crippen LogP contribution is 2.17. The van der Waals surface area contributed by atoms with Crippen molar-refractivity contribution in [2.45, 2.75) is 13.1 Å². The zero-order chi connectivity index (χ0) is 14.5. The van der Waals surface area contributed by atoms with Gasteiger partial charge in [0.15, 0.2) is 0 Å². The molecule has 20 heavy (non-hydrogen) atoms. The summed E-state index contributed by atoms with van der Waals surface area (Å²) >= 11 is 5.71. The van der Waals surface area contributed by atoms with Gasteiger partial charge in [0.05, 0.1) is 5.02 Å². The van der Waals surface area contributed by atoms with Crippen LogP contribution in [0.4, 0.5) is 4.39 Å². The first-order valence-corrected chi connectivity index (χ1v) is 6.48. The van der Waals surface area contributed by atoms with E-state index < -0.39 is 11.7 Å². The largest absolute Gasteiger partial charge is 0.366 e. The van der Waals surface area contributed by atoms with Gasteiger partial charge in [-0.1, -0.05) is 35.9 Å². The van der Waals surface area contributed by atoms with Crippen molar-refractivity contribution >= 4 is 17.5 Å². The van der Waals surface area contributed by atoms with E-state index in [9.17, 15) is 9.18 Å². The summed E-state index contributed by atoms with van der Waals surface area (Å²) in [6.07, 6.45) is 0. The highest BCUT2D eigenvalue weighted by Gasteiger charge is 2.06. The zero-order valence-electron chi connectivity index (χ0n) is 10.7. The average molecular weight is 293 g/mol. The number of carbonyl (C=O) groups is 1. The molecule has 0 aromatic heterocycles. The third-order valence-electron chi connectivity index (χ3n) is 2.89. The summed E-state index contributed by atoms with van der Waals surface area (Å²) in [5.41, 5.74) is 7.08. The van der Waals surface area contributed by atoms with E-state index in [1.54, 1.807) is 30.3 Å². The van der Waals surface area contributed by atoms with Crippen molar-refractivity contribution in [3.05, 3.63) is 70.0 Å². The minimum absolute atomic E-state index is 0.111. The van der Waals surface area contributed by atoms with Crippen molar-refractivity contribution in [3.8, 4) is 0 Å². The summed E-state index contributed by atoms with van der Waals surface area (Å²) in [6, 6.07) is 11.9. The van der Waals surface area contributed by atoms with Gasteiger partial charge in [0.2, 0.25) is 5.91 Å². The van der Waals surface area contributed by atoms with Crippen molar-refractivity contribution in [3.63, 3.8) is 0 Å². The van der Waals surface area contributed by atoms with Crippen molar-refractivity contribution in [1.82, 2.24) is 5.32 Å². The van der Waals surface area contributed by atoms with E-state index in [-0.39, 0.29) is 5.02 Å². The molecule has 3 N–H and O–H groups in total. The maximum Gasteiger partial charge on any atom is 0.248 e. The highest BCUT2D eigenvalue weighted by molar-refractivity contribution is 6.30. The molecular weight excluding hydrogens is 279 g/mol. The fourth-order valence-electron chi connectivity index (χ4n) is 1.86. The Balaban J connectivity index is 1.98. The third kappa shape index (κ3) is 3.56. The SMILES string of the molecule is NC(=O)c1cccc(CNCc2cccc(Cl)c2F)c1. The fourth-order valence-corrected chi connectivity index (χ4v) is 2.06. The monoisotopic (exact) mass is 292 g/mol. The number of amides is 1. The molecule has 0 bridgehead atoms. The van der Waals surface area contributed by atoms with Crippen molar-refractivity contribution in [1.29, 1.82) is 0 Å². The first kappa shape index (κ1) is 14.5. The topological polar surface area (TPSA) is 55.1 Å². The van der Waals surface area contributed by atoms with Crippen LogP contribution in [0.25, 0.3) is 0 Å². The minimum Gasteiger partial charge on any atom is -0.366 e. The van der Waals surface area contributed by atoms with E-state index in [0.29, 0.717) is 24.2 Å². The highest BCUT2D eigenvalue weighted by atomic mass is 35.5. The van der Waals surface area contributed by atoms with Crippen LogP contribution < -0.4 is 11.1 Å². The van der Waals surface area contributed by atoms with Crippen LogP contribution in [0.1, 0.15) is 21.5 Å². The molecular formula is C15H14ClFN2O. The fraction of sp³-hybridized carbons (Fsp3) is 0.133. The second-order valence-corrected chi connectivity index (χ2v) is 4.79. The molecule has 0 saturated heterocycles. The van der Waals surface area contributed by atoms with Gasteiger partial charge in [-0.05, 0) is 23.8 Å². The number of halogens is 2. The molecule has 2 aromatic carbocycles. The van der Waals surface area contributed by atoms with E-state index in [0.717, 1.165) is 5.56 Å². The van der Waals surface area contributed by atoms with Crippen LogP contribution in [0.15, 0.2) is 42.5 Å². The maximum absolute atomic E-state index is 13.7. The predicted molar refractivity (Wildman–Crippen MR) is 76.9 cm³/mol. The lowest BCUT2D eigenvalue weighted by molar-refractivity contribution is 0.1000. The number of rotatable bonds is 5. The lowest BCUT2D eigenvalue weighted by Crippen LogP contribution is -2.15. The minimum atomic E-state index is -0.465. The van der Waals surface area contributed by atoms with Crippen molar-refractivity contribution in [2.75, 3.05) is 0 Å². The molecule has 0 radical (unpaired) electrons. The number of hydrogen-bond acceptors (Lipinski definition) is 2. The standard InChI is InChI=1S/C15H14ClFN2O/c16-13-6-2-5-12(14(13)17)9-19-8-10-3-1-4-11(7-10)15(18)20/h1-7,19H,8-9H2,(H2,18,20). The third-order valence-corrected chi connectivity index (χ3v) is 3.18. The van der Waals surface area contributed by atoms with E-state index >= 15 is 0 Å². The smallest absolute Gasteiger partial charge is 0.248 e. The van der Waals surface area contributed by atoms with Crippen LogP contribution in [0.3, 0.4) is 0 Å². The Morgan fingerprint density at radius 1 is 1.20 bits per heavy atom. The molecule has 3 nitrogen and oxygen atoms in total. The number of hydrogen-bond donors (Lipinski definition) is 2. The average Bonchev–Trinajstić information content (AvgIpc) is 2.44. The number of primary amides is 1. The predicted octanol–water partition coefficient (Wildman–Crippen LogP) is 2.87. The number of nitrogens with one attached hydrogen (secondary N) is 1. The summed E-state index contributed by atoms with van der Waals surface area (Å²) in [5, 5.41) is 3.21. The lowest BCUT2D eigenvalue weighted by Gasteiger charge is -2.07. The van der Waals surface area contributed by atoms with Gasteiger partial charge < -0.3 is 11.1 Å². The Kier molecular flexibility index (Phi) is 4.71. The van der Waals surface area contributed by atoms with Crippen LogP contribution >= 0.6 is 11.6 Å². The van der Waals surface area contributed by atoms with Crippen LogP contribution in [-0.4, -0.2) is 5.91 Å². The second kappa shape index (κ2) is 6.50. The van der Waals surface area contributed by atoms with Gasteiger partial charge in [0, 0.05) is 24.2 Å². The Morgan fingerprint density at radius 3 is 2.70 bits per heavy atom. The molecule has 0 aliphatic carbocycles. The first-order chi connectivity index (χ1) is 9.58. The van der Waals surface area contributed by atoms with Gasteiger partial charge in [0.1, 0.15) is 5.82 Å². The van der Waals surface area contributed by atoms with E-state index in [4.69, 9.17) is 17.3 Å². The first-order valence-electron chi connectivity index (χ1n) is 6.10. The normalized spacial score (nSPS) is 10.5. The summed E-state index contributed by atoms with van der Waals surface area (Å²) in [4.78, 5) is 11.1. The van der Waals surface area contributed by atoms with E-state index in [1.165, 1.54) is 6.07 Å². The molecule has 0 heterocycles. The molecule has 2 rings (SSSR count). The second-order valence-electron chi connectivity index (χ2n) is 4.38.